The second-order valence-electron chi connectivity index (χ2n) is 12.0. The Labute approximate surface area is 246 Å². The molecule has 1 aliphatic carbocycles. The molecule has 0 fully saturated rings. The third-order valence-electron chi connectivity index (χ3n) is 9.04. The lowest BCUT2D eigenvalue weighted by Crippen LogP contribution is -2.16. The lowest BCUT2D eigenvalue weighted by Gasteiger charge is -2.28. The number of H-pyrrole nitrogens is 1. The number of aryl methyl sites for hydroxylation is 1. The smallest absolute Gasteiger partial charge is 0.0544 e. The van der Waals surface area contributed by atoms with Gasteiger partial charge in [0.1, 0.15) is 0 Å². The zero-order valence-electron chi connectivity index (χ0n) is 24.1. The summed E-state index contributed by atoms with van der Waals surface area (Å²) in [4.78, 5) is 6.07. The first kappa shape index (κ1) is 24.7. The van der Waals surface area contributed by atoms with Crippen LogP contribution in [-0.4, -0.2) is 4.98 Å². The van der Waals surface area contributed by atoms with Gasteiger partial charge in [0.15, 0.2) is 0 Å². The fourth-order valence-corrected chi connectivity index (χ4v) is 6.94. The Kier molecular flexibility index (Phi) is 5.42. The first-order valence-corrected chi connectivity index (χ1v) is 14.7. The van der Waals surface area contributed by atoms with Crippen LogP contribution >= 0.6 is 0 Å². The van der Waals surface area contributed by atoms with Crippen molar-refractivity contribution in [1.82, 2.24) is 4.98 Å². The number of aromatic amines is 1. The molecule has 1 N–H and O–H groups in total. The lowest BCUT2D eigenvalue weighted by atomic mass is 9.81. The van der Waals surface area contributed by atoms with Gasteiger partial charge in [0.05, 0.1) is 5.52 Å². The fraction of sp³-hybridized carbons (Fsp3) is 0.100. The Balaban J connectivity index is 1.26. The summed E-state index contributed by atoms with van der Waals surface area (Å²) in [5, 5.41) is 2.54. The van der Waals surface area contributed by atoms with Gasteiger partial charge in [-0.3, -0.25) is 0 Å². The molecule has 0 bridgehead atoms. The number of hydrogen-bond donors (Lipinski definition) is 1. The van der Waals surface area contributed by atoms with Crippen molar-refractivity contribution in [2.24, 2.45) is 0 Å². The maximum absolute atomic E-state index is 3.70. The highest BCUT2D eigenvalue weighted by Crippen LogP contribution is 2.52. The zero-order valence-corrected chi connectivity index (χ0v) is 24.1. The van der Waals surface area contributed by atoms with Gasteiger partial charge in [0.25, 0.3) is 0 Å². The van der Waals surface area contributed by atoms with Crippen molar-refractivity contribution in [3.8, 4) is 22.3 Å². The molecule has 0 saturated heterocycles. The monoisotopic (exact) mass is 540 g/mol. The van der Waals surface area contributed by atoms with E-state index in [1.807, 2.05) is 0 Å². The van der Waals surface area contributed by atoms with Crippen molar-refractivity contribution in [1.29, 1.82) is 0 Å². The molecule has 0 amide bonds. The summed E-state index contributed by atoms with van der Waals surface area (Å²) in [7, 11) is 0. The maximum atomic E-state index is 3.70. The summed E-state index contributed by atoms with van der Waals surface area (Å²) < 4.78 is 0. The summed E-state index contributed by atoms with van der Waals surface area (Å²) in [6.07, 6.45) is 0. The Morgan fingerprint density at radius 2 is 1.19 bits per heavy atom. The van der Waals surface area contributed by atoms with Gasteiger partial charge in [0, 0.05) is 44.3 Å². The minimum Gasteiger partial charge on any atom is -0.354 e. The van der Waals surface area contributed by atoms with Gasteiger partial charge in [-0.15, -0.1) is 0 Å². The molecule has 0 unspecified atom stereocenters. The maximum Gasteiger partial charge on any atom is 0.0544 e. The second kappa shape index (κ2) is 9.22. The first-order valence-electron chi connectivity index (χ1n) is 14.7. The topological polar surface area (TPSA) is 19.0 Å². The van der Waals surface area contributed by atoms with Crippen LogP contribution in [0, 0.1) is 6.92 Å². The first-order chi connectivity index (χ1) is 20.5. The van der Waals surface area contributed by atoms with E-state index in [2.05, 4.69) is 164 Å². The van der Waals surface area contributed by atoms with E-state index >= 15 is 0 Å². The number of para-hydroxylation sites is 3. The summed E-state index contributed by atoms with van der Waals surface area (Å²) in [6.45, 7) is 6.89. The molecule has 0 spiro atoms. The number of benzene rings is 6. The molecular weight excluding hydrogens is 508 g/mol. The van der Waals surface area contributed by atoms with Crippen LogP contribution < -0.4 is 4.90 Å². The molecule has 1 aliphatic rings. The molecule has 8 rings (SSSR count). The van der Waals surface area contributed by atoms with E-state index in [0.717, 1.165) is 5.69 Å². The molecule has 0 atom stereocenters. The predicted molar refractivity (Wildman–Crippen MR) is 178 cm³/mol. The van der Waals surface area contributed by atoms with E-state index in [0.29, 0.717) is 0 Å². The van der Waals surface area contributed by atoms with Crippen molar-refractivity contribution < 1.29 is 0 Å². The van der Waals surface area contributed by atoms with Gasteiger partial charge in [-0.1, -0.05) is 98.8 Å². The van der Waals surface area contributed by atoms with E-state index < -0.39 is 0 Å². The molecule has 0 saturated carbocycles. The average molecular weight is 541 g/mol. The highest BCUT2D eigenvalue weighted by molar-refractivity contribution is 6.12. The standard InChI is InChI=1S/C40H32N2/c1-26-11-9-14-29(23-26)42(28-12-5-4-6-13-28)30-20-22-33-32-21-19-27(24-36(32)40(2,3)37(33)25-30)31-16-10-17-35-34-15-7-8-18-38(34)41-39(31)35/h4-25,41H,1-3H3. The van der Waals surface area contributed by atoms with Crippen molar-refractivity contribution in [3.05, 3.63) is 150 Å². The quantitative estimate of drug-likeness (QED) is 0.235. The van der Waals surface area contributed by atoms with Gasteiger partial charge >= 0.3 is 0 Å². The number of nitrogens with one attached hydrogen (secondary N) is 1. The normalized spacial score (nSPS) is 13.3. The third-order valence-corrected chi connectivity index (χ3v) is 9.04. The Morgan fingerprint density at radius 1 is 0.524 bits per heavy atom. The lowest BCUT2D eigenvalue weighted by molar-refractivity contribution is 0.660. The molecule has 0 radical (unpaired) electrons. The van der Waals surface area contributed by atoms with Crippen molar-refractivity contribution in [2.45, 2.75) is 26.2 Å². The SMILES string of the molecule is Cc1cccc(N(c2ccccc2)c2ccc3c(c2)C(C)(C)c2cc(-c4cccc5c4[nH]c4ccccc45)ccc2-3)c1. The number of rotatable bonds is 4. The predicted octanol–water partition coefficient (Wildman–Crippen LogP) is 11.1. The summed E-state index contributed by atoms with van der Waals surface area (Å²) in [5.41, 5.74) is 14.9. The van der Waals surface area contributed by atoms with Crippen molar-refractivity contribution >= 4 is 38.9 Å². The fourth-order valence-electron chi connectivity index (χ4n) is 6.94. The molecule has 42 heavy (non-hydrogen) atoms. The van der Waals surface area contributed by atoms with E-state index in [1.54, 1.807) is 0 Å². The van der Waals surface area contributed by atoms with Gasteiger partial charge in [-0.05, 0) is 88.8 Å². The molecule has 2 nitrogen and oxygen atoms in total. The van der Waals surface area contributed by atoms with Gasteiger partial charge < -0.3 is 9.88 Å². The van der Waals surface area contributed by atoms with Crippen LogP contribution in [0.3, 0.4) is 0 Å². The molecule has 202 valence electrons. The van der Waals surface area contributed by atoms with Crippen molar-refractivity contribution in [3.63, 3.8) is 0 Å². The summed E-state index contributed by atoms with van der Waals surface area (Å²) >= 11 is 0. The van der Waals surface area contributed by atoms with Gasteiger partial charge in [-0.2, -0.15) is 0 Å². The van der Waals surface area contributed by atoms with Gasteiger partial charge in [0.2, 0.25) is 0 Å². The number of anilines is 3. The van der Waals surface area contributed by atoms with E-state index in [4.69, 9.17) is 0 Å². The highest BCUT2D eigenvalue weighted by Gasteiger charge is 2.36. The van der Waals surface area contributed by atoms with Crippen LogP contribution in [-0.2, 0) is 5.41 Å². The third kappa shape index (κ3) is 3.72. The van der Waals surface area contributed by atoms with Crippen LogP contribution in [0.5, 0.6) is 0 Å². The van der Waals surface area contributed by atoms with Crippen LogP contribution in [0.4, 0.5) is 17.1 Å². The average Bonchev–Trinajstić information content (AvgIpc) is 3.50. The Hall–Kier alpha value is -5.08. The molecule has 2 heteroatoms. The Morgan fingerprint density at radius 3 is 2.02 bits per heavy atom. The van der Waals surface area contributed by atoms with Crippen LogP contribution in [0.15, 0.2) is 133 Å². The molecule has 1 aromatic heterocycles. The minimum atomic E-state index is -0.139. The van der Waals surface area contributed by atoms with Crippen LogP contribution in [0.1, 0.15) is 30.5 Å². The molecule has 7 aromatic rings. The van der Waals surface area contributed by atoms with Crippen LogP contribution in [0.25, 0.3) is 44.1 Å². The Bertz CT molecular complexity index is 2130. The molecule has 6 aromatic carbocycles. The minimum absolute atomic E-state index is 0.139. The highest BCUT2D eigenvalue weighted by atomic mass is 15.1. The number of hydrogen-bond acceptors (Lipinski definition) is 1. The summed E-state index contributed by atoms with van der Waals surface area (Å²) in [6, 6.07) is 48.7. The number of aromatic nitrogens is 1. The molecular formula is C40H32N2. The number of nitrogens with zero attached hydrogens (tertiary/aromatic N) is 1. The second-order valence-corrected chi connectivity index (χ2v) is 12.0. The van der Waals surface area contributed by atoms with Crippen LogP contribution in [0.2, 0.25) is 0 Å². The molecule has 0 aliphatic heterocycles. The number of fused-ring (bicyclic) bond motifs is 6. The van der Waals surface area contributed by atoms with E-state index in [-0.39, 0.29) is 5.41 Å². The van der Waals surface area contributed by atoms with E-state index in [1.165, 1.54) is 72.1 Å². The largest absolute Gasteiger partial charge is 0.354 e. The zero-order chi connectivity index (χ0) is 28.4. The van der Waals surface area contributed by atoms with E-state index in [9.17, 15) is 0 Å². The van der Waals surface area contributed by atoms with Crippen molar-refractivity contribution in [2.75, 3.05) is 4.90 Å². The molecule has 1 heterocycles. The van der Waals surface area contributed by atoms with Gasteiger partial charge in [-0.25, -0.2) is 0 Å². The summed E-state index contributed by atoms with van der Waals surface area (Å²) in [5.74, 6) is 0.